The lowest BCUT2D eigenvalue weighted by Crippen LogP contribution is -2.11. The molecular weight excluding hydrogens is 443 g/mol. The van der Waals surface area contributed by atoms with Crippen molar-refractivity contribution >= 4 is 24.1 Å². The number of nitrogens with one attached hydrogen (secondary N) is 3. The van der Waals surface area contributed by atoms with Gasteiger partial charge < -0.3 is 10.6 Å². The molecule has 0 amide bonds. The predicted octanol–water partition coefficient (Wildman–Crippen LogP) is 4.96. The van der Waals surface area contributed by atoms with Crippen molar-refractivity contribution in [2.45, 2.75) is 13.1 Å². The summed E-state index contributed by atoms with van der Waals surface area (Å²) in [5, 5.41) is 10.2. The maximum absolute atomic E-state index is 13.3. The summed E-state index contributed by atoms with van der Waals surface area (Å²) in [4.78, 5) is 12.9. The molecule has 1 aromatic heterocycles. The molecule has 0 aliphatic heterocycles. The SMILES string of the molecule is Fc1ccc(CNc2nc(NCc3ccc(F)cc3)nc(N/N=C/c3cccc(F)c3)n2)cc1. The topological polar surface area (TPSA) is 87.1 Å². The van der Waals surface area contributed by atoms with E-state index in [1.807, 2.05) is 0 Å². The molecule has 0 bridgehead atoms. The van der Waals surface area contributed by atoms with Gasteiger partial charge in [0.15, 0.2) is 0 Å². The van der Waals surface area contributed by atoms with Crippen molar-refractivity contribution in [2.75, 3.05) is 16.1 Å². The predicted molar refractivity (Wildman–Crippen MR) is 125 cm³/mol. The van der Waals surface area contributed by atoms with E-state index in [2.05, 4.69) is 36.1 Å². The van der Waals surface area contributed by atoms with E-state index in [9.17, 15) is 13.2 Å². The zero-order chi connectivity index (χ0) is 23.8. The Morgan fingerprint density at radius 1 is 0.647 bits per heavy atom. The smallest absolute Gasteiger partial charge is 0.250 e. The van der Waals surface area contributed by atoms with Crippen molar-refractivity contribution in [2.24, 2.45) is 5.10 Å². The van der Waals surface area contributed by atoms with Crippen LogP contribution in [-0.2, 0) is 13.1 Å². The molecular formula is C24H20F3N7. The zero-order valence-corrected chi connectivity index (χ0v) is 17.8. The Morgan fingerprint density at radius 3 is 1.71 bits per heavy atom. The van der Waals surface area contributed by atoms with E-state index in [-0.39, 0.29) is 35.3 Å². The van der Waals surface area contributed by atoms with E-state index >= 15 is 0 Å². The molecule has 0 saturated carbocycles. The molecule has 0 spiro atoms. The van der Waals surface area contributed by atoms with Crippen LogP contribution in [0.15, 0.2) is 77.9 Å². The molecule has 0 unspecified atom stereocenters. The Balaban J connectivity index is 1.49. The Hall–Kier alpha value is -4.47. The van der Waals surface area contributed by atoms with Crippen molar-refractivity contribution < 1.29 is 13.2 Å². The summed E-state index contributed by atoms with van der Waals surface area (Å²) >= 11 is 0. The maximum Gasteiger partial charge on any atom is 0.250 e. The second-order valence-corrected chi connectivity index (χ2v) is 7.19. The van der Waals surface area contributed by atoms with Gasteiger partial charge in [-0.1, -0.05) is 36.4 Å². The van der Waals surface area contributed by atoms with Gasteiger partial charge in [-0.05, 0) is 53.1 Å². The highest BCUT2D eigenvalue weighted by Gasteiger charge is 2.07. The van der Waals surface area contributed by atoms with Gasteiger partial charge in [0.25, 0.3) is 0 Å². The lowest BCUT2D eigenvalue weighted by atomic mass is 10.2. The summed E-state index contributed by atoms with van der Waals surface area (Å²) in [5.41, 5.74) is 4.94. The third-order valence-electron chi connectivity index (χ3n) is 4.59. The standard InChI is InChI=1S/C24H20F3N7/c25-19-8-4-16(5-9-19)13-28-22-31-23(29-14-17-6-10-20(26)11-7-17)33-24(32-22)34-30-15-18-2-1-3-21(27)12-18/h1-12,15H,13-14H2,(H3,28,29,31,32,33,34)/b30-15+. The summed E-state index contributed by atoms with van der Waals surface area (Å²) in [7, 11) is 0. The highest BCUT2D eigenvalue weighted by Crippen LogP contribution is 2.13. The van der Waals surface area contributed by atoms with E-state index in [0.717, 1.165) is 11.1 Å². The summed E-state index contributed by atoms with van der Waals surface area (Å²) < 4.78 is 39.6. The van der Waals surface area contributed by atoms with Crippen LogP contribution in [0.2, 0.25) is 0 Å². The van der Waals surface area contributed by atoms with Gasteiger partial charge in [-0.3, -0.25) is 0 Å². The summed E-state index contributed by atoms with van der Waals surface area (Å²) in [6, 6.07) is 18.0. The first kappa shape index (κ1) is 22.7. The van der Waals surface area contributed by atoms with Crippen LogP contribution >= 0.6 is 0 Å². The number of hydrogen-bond acceptors (Lipinski definition) is 7. The molecule has 7 nitrogen and oxygen atoms in total. The molecule has 4 rings (SSSR count). The normalized spacial score (nSPS) is 10.9. The lowest BCUT2D eigenvalue weighted by Gasteiger charge is -2.10. The second kappa shape index (κ2) is 10.9. The second-order valence-electron chi connectivity index (χ2n) is 7.19. The van der Waals surface area contributed by atoms with Crippen LogP contribution in [0.1, 0.15) is 16.7 Å². The van der Waals surface area contributed by atoms with Gasteiger partial charge in [-0.2, -0.15) is 20.1 Å². The van der Waals surface area contributed by atoms with Gasteiger partial charge in [0, 0.05) is 13.1 Å². The van der Waals surface area contributed by atoms with Crippen LogP contribution in [0, 0.1) is 17.5 Å². The molecule has 1 heterocycles. The number of hydrazone groups is 1. The first-order valence-corrected chi connectivity index (χ1v) is 10.3. The molecule has 3 aromatic carbocycles. The van der Waals surface area contributed by atoms with Crippen LogP contribution in [0.4, 0.5) is 31.0 Å². The Kier molecular flexibility index (Phi) is 7.28. The quantitative estimate of drug-likeness (QED) is 0.240. The number of nitrogens with zero attached hydrogens (tertiary/aromatic N) is 4. The molecule has 3 N–H and O–H groups in total. The minimum Gasteiger partial charge on any atom is -0.350 e. The van der Waals surface area contributed by atoms with Crippen LogP contribution in [0.5, 0.6) is 0 Å². The van der Waals surface area contributed by atoms with Crippen molar-refractivity contribution in [1.29, 1.82) is 0 Å². The van der Waals surface area contributed by atoms with Crippen molar-refractivity contribution in [3.05, 3.63) is 107 Å². The highest BCUT2D eigenvalue weighted by molar-refractivity contribution is 5.79. The third kappa shape index (κ3) is 6.76. The van der Waals surface area contributed by atoms with Crippen LogP contribution in [0.25, 0.3) is 0 Å². The Morgan fingerprint density at radius 2 is 1.18 bits per heavy atom. The zero-order valence-electron chi connectivity index (χ0n) is 17.8. The summed E-state index contributed by atoms with van der Waals surface area (Å²) in [6.07, 6.45) is 1.43. The van der Waals surface area contributed by atoms with Crippen LogP contribution in [0.3, 0.4) is 0 Å². The molecule has 0 radical (unpaired) electrons. The van der Waals surface area contributed by atoms with Crippen LogP contribution < -0.4 is 16.1 Å². The van der Waals surface area contributed by atoms with E-state index in [1.54, 1.807) is 36.4 Å². The minimum absolute atomic E-state index is 0.144. The van der Waals surface area contributed by atoms with E-state index in [4.69, 9.17) is 0 Å². The van der Waals surface area contributed by atoms with Gasteiger partial charge in [0.05, 0.1) is 6.21 Å². The fraction of sp³-hybridized carbons (Fsp3) is 0.0833. The largest absolute Gasteiger partial charge is 0.350 e. The van der Waals surface area contributed by atoms with Crippen molar-refractivity contribution in [3.63, 3.8) is 0 Å². The number of halogens is 3. The average Bonchev–Trinajstić information content (AvgIpc) is 2.83. The van der Waals surface area contributed by atoms with Gasteiger partial charge in [0.2, 0.25) is 17.8 Å². The van der Waals surface area contributed by atoms with Crippen molar-refractivity contribution in [1.82, 2.24) is 15.0 Å². The lowest BCUT2D eigenvalue weighted by molar-refractivity contribution is 0.626. The molecule has 172 valence electrons. The number of rotatable bonds is 9. The molecule has 0 aliphatic rings. The fourth-order valence-corrected chi connectivity index (χ4v) is 2.90. The molecule has 0 atom stereocenters. The first-order valence-electron chi connectivity index (χ1n) is 10.3. The molecule has 10 heteroatoms. The van der Waals surface area contributed by atoms with Gasteiger partial charge in [-0.25, -0.2) is 18.6 Å². The monoisotopic (exact) mass is 463 g/mol. The van der Waals surface area contributed by atoms with E-state index in [1.165, 1.54) is 42.6 Å². The molecule has 34 heavy (non-hydrogen) atoms. The van der Waals surface area contributed by atoms with Crippen LogP contribution in [-0.4, -0.2) is 21.2 Å². The van der Waals surface area contributed by atoms with Gasteiger partial charge in [-0.15, -0.1) is 0 Å². The molecule has 0 saturated heterocycles. The van der Waals surface area contributed by atoms with Gasteiger partial charge in [0.1, 0.15) is 17.5 Å². The first-order chi connectivity index (χ1) is 16.5. The fourth-order valence-electron chi connectivity index (χ4n) is 2.90. The number of aromatic nitrogens is 3. The van der Waals surface area contributed by atoms with Crippen molar-refractivity contribution in [3.8, 4) is 0 Å². The number of anilines is 3. The summed E-state index contributed by atoms with van der Waals surface area (Å²) in [6.45, 7) is 0.710. The third-order valence-corrected chi connectivity index (χ3v) is 4.59. The minimum atomic E-state index is -0.372. The molecule has 4 aromatic rings. The highest BCUT2D eigenvalue weighted by atomic mass is 19.1. The molecule has 0 aliphatic carbocycles. The maximum atomic E-state index is 13.3. The summed E-state index contributed by atoms with van der Waals surface area (Å²) in [5.74, 6) is -0.360. The Bertz CT molecular complexity index is 1190. The average molecular weight is 463 g/mol. The van der Waals surface area contributed by atoms with E-state index < -0.39 is 0 Å². The Labute approximate surface area is 193 Å². The van der Waals surface area contributed by atoms with E-state index in [0.29, 0.717) is 18.7 Å². The van der Waals surface area contributed by atoms with Gasteiger partial charge >= 0.3 is 0 Å². The molecule has 0 fully saturated rings. The number of hydrogen-bond donors (Lipinski definition) is 3. The number of benzene rings is 3.